The highest BCUT2D eigenvalue weighted by Gasteiger charge is 2.09. The summed E-state index contributed by atoms with van der Waals surface area (Å²) in [7, 11) is 0. The molecule has 7 heteroatoms. The molecule has 7 nitrogen and oxygen atoms in total. The van der Waals surface area contributed by atoms with E-state index in [2.05, 4.69) is 20.8 Å². The molecule has 1 rings (SSSR count). The lowest BCUT2D eigenvalue weighted by molar-refractivity contribution is -0.137. The zero-order valence-electron chi connectivity index (χ0n) is 10.5. The molecule has 0 saturated carbocycles. The summed E-state index contributed by atoms with van der Waals surface area (Å²) in [5.41, 5.74) is 2.26. The average molecular weight is 254 g/mol. The fraction of sp³-hybridized carbons (Fsp3) is 0.545. The molecule has 0 aliphatic rings. The topological polar surface area (TPSA) is 107 Å². The molecule has 1 aromatic rings. The van der Waals surface area contributed by atoms with Crippen LogP contribution in [0.25, 0.3) is 0 Å². The van der Waals surface area contributed by atoms with Gasteiger partial charge in [-0.2, -0.15) is 5.10 Å². The number of nitrogens with one attached hydrogen (secondary N) is 3. The first-order chi connectivity index (χ1) is 8.50. The second-order valence-corrected chi connectivity index (χ2v) is 4.03. The van der Waals surface area contributed by atoms with Crippen molar-refractivity contribution in [2.45, 2.75) is 26.7 Å². The fourth-order valence-electron chi connectivity index (χ4n) is 1.49. The lowest BCUT2D eigenvalue weighted by atomic mass is 10.3. The average Bonchev–Trinajstić information content (AvgIpc) is 2.60. The Labute approximate surface area is 105 Å². The molecule has 1 amide bonds. The normalized spacial score (nSPS) is 10.3. The number of aromatic amines is 1. The molecule has 100 valence electrons. The van der Waals surface area contributed by atoms with Gasteiger partial charge in [-0.3, -0.25) is 14.7 Å². The van der Waals surface area contributed by atoms with E-state index >= 15 is 0 Å². The van der Waals surface area contributed by atoms with Crippen LogP contribution in [0.1, 0.15) is 24.2 Å². The number of rotatable bonds is 7. The monoisotopic (exact) mass is 254 g/mol. The zero-order chi connectivity index (χ0) is 13.5. The molecule has 1 aromatic heterocycles. The minimum absolute atomic E-state index is 0.106. The number of hydrogen-bond acceptors (Lipinski definition) is 4. The smallest absolute Gasteiger partial charge is 0.303 e. The van der Waals surface area contributed by atoms with Gasteiger partial charge in [-0.1, -0.05) is 0 Å². The maximum atomic E-state index is 11.6. The first-order valence-corrected chi connectivity index (χ1v) is 5.74. The minimum Gasteiger partial charge on any atom is -0.481 e. The third-order valence-corrected chi connectivity index (χ3v) is 2.42. The number of H-pyrrole nitrogens is 1. The quantitative estimate of drug-likeness (QED) is 0.527. The standard InChI is InChI=1S/C11H18N4O3/c1-7-11(8(2)15-14-7)13-9(16)6-12-5-3-4-10(17)18/h12H,3-6H2,1-2H3,(H,13,16)(H,14,15)(H,17,18). The number of carbonyl (C=O) groups is 2. The number of carboxylic acids is 1. The Kier molecular flexibility index (Phi) is 5.31. The van der Waals surface area contributed by atoms with E-state index in [0.717, 1.165) is 11.4 Å². The fourth-order valence-corrected chi connectivity index (χ4v) is 1.49. The maximum Gasteiger partial charge on any atom is 0.303 e. The number of nitrogens with zero attached hydrogens (tertiary/aromatic N) is 1. The highest BCUT2D eigenvalue weighted by atomic mass is 16.4. The molecule has 0 unspecified atom stereocenters. The Hall–Kier alpha value is -1.89. The van der Waals surface area contributed by atoms with Gasteiger partial charge in [0.05, 0.1) is 23.6 Å². The van der Waals surface area contributed by atoms with Crippen LogP contribution in [-0.2, 0) is 9.59 Å². The van der Waals surface area contributed by atoms with Crippen molar-refractivity contribution < 1.29 is 14.7 Å². The number of aryl methyl sites for hydroxylation is 2. The number of anilines is 1. The van der Waals surface area contributed by atoms with E-state index in [9.17, 15) is 9.59 Å². The van der Waals surface area contributed by atoms with Crippen molar-refractivity contribution in [1.29, 1.82) is 0 Å². The molecule has 0 spiro atoms. The van der Waals surface area contributed by atoms with Gasteiger partial charge in [0, 0.05) is 6.42 Å². The molecule has 0 aliphatic carbocycles. The van der Waals surface area contributed by atoms with Crippen LogP contribution in [-0.4, -0.2) is 40.3 Å². The van der Waals surface area contributed by atoms with E-state index in [1.807, 2.05) is 6.92 Å². The molecule has 0 aliphatic heterocycles. The predicted molar refractivity (Wildman–Crippen MR) is 66.4 cm³/mol. The Balaban J connectivity index is 2.24. The highest BCUT2D eigenvalue weighted by molar-refractivity contribution is 5.93. The molecule has 0 aromatic carbocycles. The van der Waals surface area contributed by atoms with Crippen LogP contribution < -0.4 is 10.6 Å². The molecule has 0 atom stereocenters. The van der Waals surface area contributed by atoms with Crippen molar-refractivity contribution in [3.05, 3.63) is 11.4 Å². The van der Waals surface area contributed by atoms with Crippen LogP contribution in [0.15, 0.2) is 0 Å². The second kappa shape index (κ2) is 6.75. The van der Waals surface area contributed by atoms with Gasteiger partial charge in [-0.15, -0.1) is 0 Å². The van der Waals surface area contributed by atoms with Gasteiger partial charge in [-0.05, 0) is 26.8 Å². The van der Waals surface area contributed by atoms with Crippen molar-refractivity contribution >= 4 is 17.6 Å². The van der Waals surface area contributed by atoms with Crippen LogP contribution in [0.5, 0.6) is 0 Å². The van der Waals surface area contributed by atoms with E-state index in [1.165, 1.54) is 0 Å². The Morgan fingerprint density at radius 3 is 2.67 bits per heavy atom. The van der Waals surface area contributed by atoms with Crippen molar-refractivity contribution in [1.82, 2.24) is 15.5 Å². The number of amides is 1. The van der Waals surface area contributed by atoms with Crippen molar-refractivity contribution in [3.8, 4) is 0 Å². The maximum absolute atomic E-state index is 11.6. The van der Waals surface area contributed by atoms with Crippen LogP contribution in [0, 0.1) is 13.8 Å². The van der Waals surface area contributed by atoms with Crippen LogP contribution >= 0.6 is 0 Å². The molecule has 18 heavy (non-hydrogen) atoms. The third-order valence-electron chi connectivity index (χ3n) is 2.42. The largest absolute Gasteiger partial charge is 0.481 e. The van der Waals surface area contributed by atoms with Crippen LogP contribution in [0.3, 0.4) is 0 Å². The molecular formula is C11H18N4O3. The van der Waals surface area contributed by atoms with E-state index in [0.29, 0.717) is 18.7 Å². The van der Waals surface area contributed by atoms with Gasteiger partial charge in [0.2, 0.25) is 5.91 Å². The van der Waals surface area contributed by atoms with Crippen LogP contribution in [0.4, 0.5) is 5.69 Å². The van der Waals surface area contributed by atoms with E-state index in [1.54, 1.807) is 6.92 Å². The molecule has 0 saturated heterocycles. The van der Waals surface area contributed by atoms with E-state index in [-0.39, 0.29) is 18.9 Å². The van der Waals surface area contributed by atoms with Gasteiger partial charge in [-0.25, -0.2) is 0 Å². The predicted octanol–water partition coefficient (Wildman–Crippen LogP) is 0.419. The lowest BCUT2D eigenvalue weighted by Crippen LogP contribution is -2.29. The summed E-state index contributed by atoms with van der Waals surface area (Å²) in [6.07, 6.45) is 0.612. The minimum atomic E-state index is -0.828. The van der Waals surface area contributed by atoms with Gasteiger partial charge in [0.1, 0.15) is 0 Å². The van der Waals surface area contributed by atoms with Gasteiger partial charge < -0.3 is 15.7 Å². The number of carboxylic acid groups (broad SMARTS) is 1. The highest BCUT2D eigenvalue weighted by Crippen LogP contribution is 2.15. The summed E-state index contributed by atoms with van der Waals surface area (Å²) in [6, 6.07) is 0. The van der Waals surface area contributed by atoms with Gasteiger partial charge in [0.25, 0.3) is 0 Å². The molecule has 1 heterocycles. The SMILES string of the molecule is Cc1n[nH]c(C)c1NC(=O)CNCCCC(=O)O. The molecule has 0 radical (unpaired) electrons. The summed E-state index contributed by atoms with van der Waals surface area (Å²) in [5, 5.41) is 20.8. The summed E-state index contributed by atoms with van der Waals surface area (Å²) in [4.78, 5) is 21.8. The van der Waals surface area contributed by atoms with Crippen molar-refractivity contribution in [2.24, 2.45) is 0 Å². The van der Waals surface area contributed by atoms with Gasteiger partial charge >= 0.3 is 5.97 Å². The number of hydrogen-bond donors (Lipinski definition) is 4. The summed E-state index contributed by atoms with van der Waals surface area (Å²) >= 11 is 0. The molecule has 4 N–H and O–H groups in total. The number of aliphatic carboxylic acids is 1. The summed E-state index contributed by atoms with van der Waals surface area (Å²) in [6.45, 7) is 4.29. The van der Waals surface area contributed by atoms with Crippen molar-refractivity contribution in [3.63, 3.8) is 0 Å². The summed E-state index contributed by atoms with van der Waals surface area (Å²) < 4.78 is 0. The molecular weight excluding hydrogens is 236 g/mol. The molecule has 0 fully saturated rings. The van der Waals surface area contributed by atoms with Gasteiger partial charge in [0.15, 0.2) is 0 Å². The third kappa shape index (κ3) is 4.54. The summed E-state index contributed by atoms with van der Waals surface area (Å²) in [5.74, 6) is -0.996. The van der Waals surface area contributed by atoms with Crippen molar-refractivity contribution in [2.75, 3.05) is 18.4 Å². The molecule has 0 bridgehead atoms. The first kappa shape index (κ1) is 14.2. The van der Waals surface area contributed by atoms with E-state index in [4.69, 9.17) is 5.11 Å². The number of carbonyl (C=O) groups excluding carboxylic acids is 1. The number of aromatic nitrogens is 2. The van der Waals surface area contributed by atoms with E-state index < -0.39 is 5.97 Å². The lowest BCUT2D eigenvalue weighted by Gasteiger charge is -2.06. The second-order valence-electron chi connectivity index (χ2n) is 4.03. The Morgan fingerprint density at radius 2 is 2.11 bits per heavy atom. The zero-order valence-corrected chi connectivity index (χ0v) is 10.5. The first-order valence-electron chi connectivity index (χ1n) is 5.74. The van der Waals surface area contributed by atoms with Crippen LogP contribution in [0.2, 0.25) is 0 Å². The Morgan fingerprint density at radius 1 is 1.39 bits per heavy atom. The Bertz CT molecular complexity index is 408.